The lowest BCUT2D eigenvalue weighted by Crippen LogP contribution is -2.29. The van der Waals surface area contributed by atoms with Crippen LogP contribution >= 0.6 is 34.7 Å². The first-order chi connectivity index (χ1) is 9.63. The molecule has 0 radical (unpaired) electrons. The fraction of sp³-hybridized carbons (Fsp3) is 0.333. The van der Waals surface area contributed by atoms with Crippen molar-refractivity contribution in [2.75, 3.05) is 19.8 Å². The van der Waals surface area contributed by atoms with Crippen LogP contribution < -0.4 is 5.73 Å². The fourth-order valence-corrected chi connectivity index (χ4v) is 3.75. The molecule has 1 atom stereocenters. The number of likely N-dealkylation sites (N-methyl/N-ethyl adjacent to an activating group) is 1. The number of nitrogens with zero attached hydrogens (tertiary/aromatic N) is 1. The first kappa shape index (κ1) is 15.9. The third-order valence-electron chi connectivity index (χ3n) is 3.29. The van der Waals surface area contributed by atoms with Crippen LogP contribution in [0.15, 0.2) is 41.3 Å². The summed E-state index contributed by atoms with van der Waals surface area (Å²) in [5, 5.41) is 0. The third-order valence-corrected chi connectivity index (χ3v) is 5.25. The fourth-order valence-electron chi connectivity index (χ4n) is 2.19. The van der Waals surface area contributed by atoms with E-state index in [-0.39, 0.29) is 6.04 Å². The Labute approximate surface area is 133 Å². The van der Waals surface area contributed by atoms with E-state index in [1.54, 1.807) is 23.1 Å². The Balaban J connectivity index is 2.09. The van der Waals surface area contributed by atoms with E-state index in [2.05, 4.69) is 48.5 Å². The lowest BCUT2D eigenvalue weighted by molar-refractivity contribution is 0.244. The van der Waals surface area contributed by atoms with Gasteiger partial charge in [0.05, 0.1) is 4.34 Å². The molecule has 2 aromatic rings. The Hall–Kier alpha value is -0.520. The maximum absolute atomic E-state index is 5.98. The lowest BCUT2D eigenvalue weighted by Gasteiger charge is -2.27. The summed E-state index contributed by atoms with van der Waals surface area (Å²) >= 11 is 9.36. The van der Waals surface area contributed by atoms with Gasteiger partial charge in [-0.05, 0) is 43.1 Å². The van der Waals surface area contributed by atoms with Gasteiger partial charge in [0.2, 0.25) is 0 Å². The van der Waals surface area contributed by atoms with E-state index >= 15 is 0 Å². The molecule has 1 aromatic heterocycles. The Kier molecular flexibility index (Phi) is 5.93. The van der Waals surface area contributed by atoms with Gasteiger partial charge in [-0.25, -0.2) is 0 Å². The number of benzene rings is 1. The first-order valence-electron chi connectivity index (χ1n) is 6.42. The van der Waals surface area contributed by atoms with Gasteiger partial charge in [0.1, 0.15) is 0 Å². The second-order valence-corrected chi connectivity index (χ2v) is 7.32. The number of halogens is 1. The summed E-state index contributed by atoms with van der Waals surface area (Å²) in [6.45, 7) is 1.47. The number of thiophene rings is 1. The second-order valence-electron chi connectivity index (χ2n) is 4.65. The van der Waals surface area contributed by atoms with Crippen molar-refractivity contribution in [2.24, 2.45) is 5.73 Å². The summed E-state index contributed by atoms with van der Waals surface area (Å²) < 4.78 is 0.835. The zero-order chi connectivity index (χ0) is 14.5. The lowest BCUT2D eigenvalue weighted by atomic mass is 10.1. The summed E-state index contributed by atoms with van der Waals surface area (Å²) in [6, 6.07) is 12.9. The van der Waals surface area contributed by atoms with Crippen LogP contribution in [0.2, 0.25) is 4.34 Å². The number of hydrogen-bond donors (Lipinski definition) is 1. The summed E-state index contributed by atoms with van der Waals surface area (Å²) in [4.78, 5) is 4.81. The largest absolute Gasteiger partial charge is 0.329 e. The molecule has 2 N–H and O–H groups in total. The molecule has 1 aromatic carbocycles. The van der Waals surface area contributed by atoms with Crippen LogP contribution in [0.3, 0.4) is 0 Å². The molecule has 5 heteroatoms. The molecule has 108 valence electrons. The van der Waals surface area contributed by atoms with Gasteiger partial charge < -0.3 is 5.73 Å². The van der Waals surface area contributed by atoms with Crippen molar-refractivity contribution in [1.29, 1.82) is 0 Å². The molecule has 2 rings (SSSR count). The molecule has 0 saturated carbocycles. The SMILES string of the molecule is CSc1ccc(C(CN)N(C)Cc2ccc(Cl)s2)cc1. The minimum Gasteiger partial charge on any atom is -0.329 e. The highest BCUT2D eigenvalue weighted by Gasteiger charge is 2.16. The van der Waals surface area contributed by atoms with Crippen LogP contribution in [-0.2, 0) is 6.54 Å². The topological polar surface area (TPSA) is 29.3 Å². The van der Waals surface area contributed by atoms with Crippen LogP contribution in [-0.4, -0.2) is 24.7 Å². The minimum atomic E-state index is 0.229. The smallest absolute Gasteiger partial charge is 0.0931 e. The maximum atomic E-state index is 5.98. The second kappa shape index (κ2) is 7.48. The average molecular weight is 327 g/mol. The molecule has 0 fully saturated rings. The standard InChI is InChI=1S/C15H19ClN2S2/c1-18(10-13-7-8-15(16)20-13)14(9-17)11-3-5-12(19-2)6-4-11/h3-8,14H,9-10,17H2,1-2H3. The van der Waals surface area contributed by atoms with Crippen LogP contribution in [0.5, 0.6) is 0 Å². The minimum absolute atomic E-state index is 0.229. The molecule has 1 unspecified atom stereocenters. The number of hydrogen-bond acceptors (Lipinski definition) is 4. The molecule has 0 spiro atoms. The normalized spacial score (nSPS) is 12.8. The summed E-state index contributed by atoms with van der Waals surface area (Å²) in [5.74, 6) is 0. The first-order valence-corrected chi connectivity index (χ1v) is 8.84. The van der Waals surface area contributed by atoms with Crippen LogP contribution in [0, 0.1) is 0 Å². The monoisotopic (exact) mass is 326 g/mol. The Bertz CT molecular complexity index is 539. The molecular formula is C15H19ClN2S2. The van der Waals surface area contributed by atoms with Gasteiger partial charge in [0.25, 0.3) is 0 Å². The third kappa shape index (κ3) is 3.99. The molecule has 0 aliphatic rings. The molecule has 20 heavy (non-hydrogen) atoms. The molecule has 0 amide bonds. The van der Waals surface area contributed by atoms with Crippen molar-refractivity contribution in [1.82, 2.24) is 4.90 Å². The van der Waals surface area contributed by atoms with Crippen molar-refractivity contribution >= 4 is 34.7 Å². The molecule has 0 aliphatic carbocycles. The Morgan fingerprint density at radius 2 is 1.95 bits per heavy atom. The quantitative estimate of drug-likeness (QED) is 0.804. The highest BCUT2D eigenvalue weighted by Crippen LogP contribution is 2.27. The van der Waals surface area contributed by atoms with Gasteiger partial charge in [-0.15, -0.1) is 23.1 Å². The van der Waals surface area contributed by atoms with Crippen molar-refractivity contribution in [3.05, 3.63) is 51.2 Å². The van der Waals surface area contributed by atoms with Gasteiger partial charge in [-0.2, -0.15) is 0 Å². The predicted octanol–water partition coefficient (Wildman–Crippen LogP) is 4.26. The number of rotatable bonds is 6. The summed E-state index contributed by atoms with van der Waals surface area (Å²) in [7, 11) is 2.10. The van der Waals surface area contributed by atoms with E-state index in [1.807, 2.05) is 6.07 Å². The Morgan fingerprint density at radius 1 is 1.25 bits per heavy atom. The zero-order valence-corrected chi connectivity index (χ0v) is 14.1. The highest BCUT2D eigenvalue weighted by molar-refractivity contribution is 7.98. The van der Waals surface area contributed by atoms with E-state index in [1.165, 1.54) is 15.3 Å². The van der Waals surface area contributed by atoms with Crippen molar-refractivity contribution in [2.45, 2.75) is 17.5 Å². The van der Waals surface area contributed by atoms with Gasteiger partial charge in [-0.3, -0.25) is 4.90 Å². The van der Waals surface area contributed by atoms with Crippen molar-refractivity contribution in [3.8, 4) is 0 Å². The summed E-state index contributed by atoms with van der Waals surface area (Å²) in [5.41, 5.74) is 7.23. The number of thioether (sulfide) groups is 1. The molecule has 1 heterocycles. The number of nitrogens with two attached hydrogens (primary N) is 1. The van der Waals surface area contributed by atoms with Crippen LogP contribution in [0.4, 0.5) is 0 Å². The molecule has 0 saturated heterocycles. The van der Waals surface area contributed by atoms with Gasteiger partial charge in [-0.1, -0.05) is 23.7 Å². The Morgan fingerprint density at radius 3 is 2.45 bits per heavy atom. The van der Waals surface area contributed by atoms with E-state index in [0.29, 0.717) is 6.54 Å². The van der Waals surface area contributed by atoms with E-state index in [0.717, 1.165) is 10.9 Å². The van der Waals surface area contributed by atoms with Crippen molar-refractivity contribution in [3.63, 3.8) is 0 Å². The highest BCUT2D eigenvalue weighted by atomic mass is 35.5. The van der Waals surface area contributed by atoms with Gasteiger partial charge in [0, 0.05) is 28.9 Å². The van der Waals surface area contributed by atoms with Crippen LogP contribution in [0.1, 0.15) is 16.5 Å². The molecular weight excluding hydrogens is 308 g/mol. The summed E-state index contributed by atoms with van der Waals surface area (Å²) in [6.07, 6.45) is 2.09. The molecule has 0 aliphatic heterocycles. The van der Waals surface area contributed by atoms with E-state index in [9.17, 15) is 0 Å². The zero-order valence-electron chi connectivity index (χ0n) is 11.7. The predicted molar refractivity (Wildman–Crippen MR) is 90.8 cm³/mol. The van der Waals surface area contributed by atoms with Gasteiger partial charge in [0.15, 0.2) is 0 Å². The van der Waals surface area contributed by atoms with Gasteiger partial charge >= 0.3 is 0 Å². The molecule has 2 nitrogen and oxygen atoms in total. The van der Waals surface area contributed by atoms with Crippen molar-refractivity contribution < 1.29 is 0 Å². The van der Waals surface area contributed by atoms with Crippen LogP contribution in [0.25, 0.3) is 0 Å². The van der Waals surface area contributed by atoms with E-state index < -0.39 is 0 Å². The molecule has 0 bridgehead atoms. The van der Waals surface area contributed by atoms with E-state index in [4.69, 9.17) is 17.3 Å². The maximum Gasteiger partial charge on any atom is 0.0931 e. The average Bonchev–Trinajstić information content (AvgIpc) is 2.85.